The predicted molar refractivity (Wildman–Crippen MR) is 135 cm³/mol. The number of Topliss-reactive ketones (excluding diaryl/α,β-unsaturated/α-hetero) is 1. The zero-order valence-corrected chi connectivity index (χ0v) is 20.0. The Morgan fingerprint density at radius 1 is 1.03 bits per heavy atom. The van der Waals surface area contributed by atoms with Crippen molar-refractivity contribution in [3.63, 3.8) is 0 Å². The average Bonchev–Trinajstić information content (AvgIpc) is 3.33. The standard InChI is InChI=1S/C27H26N4O5/c1-17-8-6-11-20-24(17)36-26(30-20)22(32)16-28-25(34)18(2)31-15-7-12-21(27(31)35)29-23(33)14-13-19-9-4-3-5-10-19/h3-12,15,18H,13-14,16H2,1-2H3,(H,28,34)(H,29,33)/t18-/m0/s1. The van der Waals surface area contributed by atoms with E-state index in [2.05, 4.69) is 15.6 Å². The number of rotatable bonds is 9. The van der Waals surface area contributed by atoms with E-state index in [1.807, 2.05) is 49.4 Å². The van der Waals surface area contributed by atoms with Gasteiger partial charge in [-0.2, -0.15) is 0 Å². The molecule has 184 valence electrons. The molecule has 0 aliphatic rings. The Bertz CT molecular complexity index is 1470. The van der Waals surface area contributed by atoms with E-state index in [9.17, 15) is 19.2 Å². The lowest BCUT2D eigenvalue weighted by Gasteiger charge is -2.16. The number of ketones is 1. The number of anilines is 1. The van der Waals surface area contributed by atoms with Gasteiger partial charge < -0.3 is 19.6 Å². The van der Waals surface area contributed by atoms with Gasteiger partial charge in [0.25, 0.3) is 11.4 Å². The van der Waals surface area contributed by atoms with Crippen LogP contribution in [0, 0.1) is 6.92 Å². The number of pyridine rings is 1. The quantitative estimate of drug-likeness (QED) is 0.350. The molecule has 2 heterocycles. The number of fused-ring (bicyclic) bond motifs is 1. The highest BCUT2D eigenvalue weighted by Crippen LogP contribution is 2.19. The van der Waals surface area contributed by atoms with E-state index >= 15 is 0 Å². The highest BCUT2D eigenvalue weighted by Gasteiger charge is 2.21. The van der Waals surface area contributed by atoms with E-state index in [0.29, 0.717) is 17.5 Å². The number of para-hydroxylation sites is 1. The Morgan fingerprint density at radius 2 is 1.81 bits per heavy atom. The van der Waals surface area contributed by atoms with Crippen molar-refractivity contribution >= 4 is 34.4 Å². The summed E-state index contributed by atoms with van der Waals surface area (Å²) in [7, 11) is 0. The van der Waals surface area contributed by atoms with Gasteiger partial charge in [-0.15, -0.1) is 0 Å². The van der Waals surface area contributed by atoms with Gasteiger partial charge in [0, 0.05) is 12.6 Å². The van der Waals surface area contributed by atoms with Crippen LogP contribution in [0.3, 0.4) is 0 Å². The molecule has 2 N–H and O–H groups in total. The molecule has 36 heavy (non-hydrogen) atoms. The van der Waals surface area contributed by atoms with Crippen LogP contribution >= 0.6 is 0 Å². The van der Waals surface area contributed by atoms with Gasteiger partial charge in [-0.1, -0.05) is 42.5 Å². The molecule has 0 unspecified atom stereocenters. The second kappa shape index (κ2) is 10.8. The minimum atomic E-state index is -0.919. The molecule has 0 saturated carbocycles. The van der Waals surface area contributed by atoms with Crippen molar-refractivity contribution in [1.82, 2.24) is 14.9 Å². The Morgan fingerprint density at radius 3 is 2.56 bits per heavy atom. The average molecular weight is 487 g/mol. The summed E-state index contributed by atoms with van der Waals surface area (Å²) in [5, 5.41) is 5.15. The van der Waals surface area contributed by atoms with E-state index < -0.39 is 23.3 Å². The van der Waals surface area contributed by atoms with Crippen LogP contribution in [0.2, 0.25) is 0 Å². The fourth-order valence-corrected chi connectivity index (χ4v) is 3.75. The summed E-state index contributed by atoms with van der Waals surface area (Å²) < 4.78 is 6.75. The lowest BCUT2D eigenvalue weighted by Crippen LogP contribution is -2.38. The van der Waals surface area contributed by atoms with Crippen LogP contribution in [0.15, 0.2) is 76.1 Å². The van der Waals surface area contributed by atoms with E-state index in [1.165, 1.54) is 23.8 Å². The number of hydrogen-bond donors (Lipinski definition) is 2. The third-order valence-electron chi connectivity index (χ3n) is 5.80. The highest BCUT2D eigenvalue weighted by atomic mass is 16.4. The summed E-state index contributed by atoms with van der Waals surface area (Å²) in [6.45, 7) is 3.05. The minimum Gasteiger partial charge on any atom is -0.433 e. The number of carbonyl (C=O) groups is 3. The SMILES string of the molecule is Cc1cccc2nc(C(=O)CNC(=O)[C@H](C)n3cccc(NC(=O)CCc4ccccc4)c3=O)oc12. The molecule has 4 rings (SSSR count). The number of amides is 2. The molecule has 2 amide bonds. The molecule has 1 atom stereocenters. The monoisotopic (exact) mass is 486 g/mol. The van der Waals surface area contributed by atoms with Gasteiger partial charge in [-0.3, -0.25) is 19.2 Å². The number of hydrogen-bond acceptors (Lipinski definition) is 6. The molecule has 0 aliphatic carbocycles. The first-order valence-corrected chi connectivity index (χ1v) is 11.6. The van der Waals surface area contributed by atoms with Gasteiger partial charge in [0.1, 0.15) is 17.2 Å². The van der Waals surface area contributed by atoms with Crippen LogP contribution in [0.1, 0.15) is 41.2 Å². The number of benzene rings is 2. The Balaban J connectivity index is 1.36. The molecular weight excluding hydrogens is 460 g/mol. The summed E-state index contributed by atoms with van der Waals surface area (Å²) in [5.41, 5.74) is 2.51. The van der Waals surface area contributed by atoms with Crippen LogP contribution in [0.4, 0.5) is 5.69 Å². The third kappa shape index (κ3) is 5.57. The minimum absolute atomic E-state index is 0.0770. The molecule has 9 heteroatoms. The van der Waals surface area contributed by atoms with Crippen LogP contribution in [-0.4, -0.2) is 33.7 Å². The first-order valence-electron chi connectivity index (χ1n) is 11.6. The topological polar surface area (TPSA) is 123 Å². The third-order valence-corrected chi connectivity index (χ3v) is 5.80. The Kier molecular flexibility index (Phi) is 7.39. The summed E-state index contributed by atoms with van der Waals surface area (Å²) in [6, 6.07) is 17.1. The maximum atomic E-state index is 12.9. The normalized spacial score (nSPS) is 11.7. The predicted octanol–water partition coefficient (Wildman–Crippen LogP) is 3.43. The highest BCUT2D eigenvalue weighted by molar-refractivity contribution is 5.98. The van der Waals surface area contributed by atoms with Crippen LogP contribution in [0.5, 0.6) is 0 Å². The van der Waals surface area contributed by atoms with Gasteiger partial charge >= 0.3 is 0 Å². The second-order valence-corrected chi connectivity index (χ2v) is 8.43. The van der Waals surface area contributed by atoms with E-state index in [0.717, 1.165) is 11.1 Å². The summed E-state index contributed by atoms with van der Waals surface area (Å²) in [5.74, 6) is -1.42. The number of carbonyl (C=O) groups excluding carboxylic acids is 3. The molecule has 0 radical (unpaired) electrons. The fourth-order valence-electron chi connectivity index (χ4n) is 3.75. The first kappa shape index (κ1) is 24.6. The molecular formula is C27H26N4O5. The van der Waals surface area contributed by atoms with Crippen LogP contribution in [0.25, 0.3) is 11.1 Å². The van der Waals surface area contributed by atoms with Crippen molar-refractivity contribution in [1.29, 1.82) is 0 Å². The number of aromatic nitrogens is 2. The van der Waals surface area contributed by atoms with Crippen molar-refractivity contribution in [2.24, 2.45) is 0 Å². The Hall–Kier alpha value is -4.53. The fraction of sp³-hybridized carbons (Fsp3) is 0.222. The van der Waals surface area contributed by atoms with Crippen molar-refractivity contribution in [3.05, 3.63) is 94.2 Å². The van der Waals surface area contributed by atoms with Gasteiger partial charge in [-0.25, -0.2) is 4.98 Å². The van der Waals surface area contributed by atoms with Crippen molar-refractivity contribution < 1.29 is 18.8 Å². The lowest BCUT2D eigenvalue weighted by atomic mass is 10.1. The molecule has 2 aromatic carbocycles. The summed E-state index contributed by atoms with van der Waals surface area (Å²) in [6.07, 6.45) is 2.21. The molecule has 4 aromatic rings. The van der Waals surface area contributed by atoms with Gasteiger partial charge in [-0.05, 0) is 49.6 Å². The second-order valence-electron chi connectivity index (χ2n) is 8.43. The number of nitrogens with zero attached hydrogens (tertiary/aromatic N) is 2. The van der Waals surface area contributed by atoms with Crippen LogP contribution in [-0.2, 0) is 16.0 Å². The van der Waals surface area contributed by atoms with E-state index in [-0.39, 0.29) is 30.5 Å². The molecule has 0 bridgehead atoms. The zero-order chi connectivity index (χ0) is 25.7. The lowest BCUT2D eigenvalue weighted by molar-refractivity contribution is -0.123. The molecule has 0 fully saturated rings. The number of nitrogens with one attached hydrogen (secondary N) is 2. The maximum absolute atomic E-state index is 12.9. The summed E-state index contributed by atoms with van der Waals surface area (Å²) in [4.78, 5) is 54.6. The first-order chi connectivity index (χ1) is 17.3. The van der Waals surface area contributed by atoms with Crippen molar-refractivity contribution in [2.75, 3.05) is 11.9 Å². The smallest absolute Gasteiger partial charge is 0.275 e. The van der Waals surface area contributed by atoms with E-state index in [1.54, 1.807) is 12.1 Å². The molecule has 0 aliphatic heterocycles. The Labute approximate surface area is 207 Å². The molecule has 9 nitrogen and oxygen atoms in total. The number of aryl methyl sites for hydroxylation is 2. The molecule has 2 aromatic heterocycles. The zero-order valence-electron chi connectivity index (χ0n) is 20.0. The molecule has 0 saturated heterocycles. The maximum Gasteiger partial charge on any atom is 0.275 e. The van der Waals surface area contributed by atoms with Crippen molar-refractivity contribution in [2.45, 2.75) is 32.7 Å². The summed E-state index contributed by atoms with van der Waals surface area (Å²) >= 11 is 0. The van der Waals surface area contributed by atoms with Crippen LogP contribution < -0.4 is 16.2 Å². The van der Waals surface area contributed by atoms with E-state index in [4.69, 9.17) is 4.42 Å². The largest absolute Gasteiger partial charge is 0.433 e. The van der Waals surface area contributed by atoms with Gasteiger partial charge in [0.05, 0.1) is 6.54 Å². The van der Waals surface area contributed by atoms with Gasteiger partial charge in [0.15, 0.2) is 5.58 Å². The van der Waals surface area contributed by atoms with Gasteiger partial charge in [0.2, 0.25) is 17.6 Å². The number of oxazole rings is 1. The molecule has 0 spiro atoms. The van der Waals surface area contributed by atoms with Crippen molar-refractivity contribution in [3.8, 4) is 0 Å².